The van der Waals surface area contributed by atoms with Crippen molar-refractivity contribution in [3.8, 4) is 0 Å². The van der Waals surface area contributed by atoms with Gasteiger partial charge in [-0.3, -0.25) is 4.79 Å². The molecule has 1 aromatic carbocycles. The monoisotopic (exact) mass is 272 g/mol. The minimum absolute atomic E-state index is 0.123. The molecule has 1 aliphatic heterocycles. The molecule has 1 N–H and O–H groups in total. The van der Waals surface area contributed by atoms with Crippen molar-refractivity contribution in [3.05, 3.63) is 35.9 Å². The van der Waals surface area contributed by atoms with E-state index in [-0.39, 0.29) is 10.8 Å². The zero-order chi connectivity index (χ0) is 14.0. The molecule has 0 bridgehead atoms. The summed E-state index contributed by atoms with van der Waals surface area (Å²) in [5.74, 6) is -0.325. The fourth-order valence-corrected chi connectivity index (χ4v) is 1.53. The number of halogens is 3. The highest BCUT2D eigenvalue weighted by Gasteiger charge is 2.41. The molecule has 1 aromatic rings. The van der Waals surface area contributed by atoms with Gasteiger partial charge in [0.2, 0.25) is 0 Å². The van der Waals surface area contributed by atoms with Crippen LogP contribution in [0.25, 0.3) is 0 Å². The molecule has 1 unspecified atom stereocenters. The van der Waals surface area contributed by atoms with Crippen molar-refractivity contribution in [1.82, 2.24) is 15.7 Å². The SMILES string of the molecule is CC(C(=O)c1ccccc1)N1N=CN(C(F)(F)F)N1. The number of hydrogen-bond donors (Lipinski definition) is 1. The van der Waals surface area contributed by atoms with E-state index in [0.717, 1.165) is 5.12 Å². The van der Waals surface area contributed by atoms with Gasteiger partial charge in [0.15, 0.2) is 5.78 Å². The van der Waals surface area contributed by atoms with Gasteiger partial charge in [-0.1, -0.05) is 30.3 Å². The molecule has 19 heavy (non-hydrogen) atoms. The number of rotatable bonds is 3. The second-order valence-electron chi connectivity index (χ2n) is 3.92. The topological polar surface area (TPSA) is 47.9 Å². The van der Waals surface area contributed by atoms with E-state index in [1.165, 1.54) is 6.92 Å². The average Bonchev–Trinajstić information content (AvgIpc) is 2.87. The van der Waals surface area contributed by atoms with Crippen LogP contribution >= 0.6 is 0 Å². The van der Waals surface area contributed by atoms with Crippen LogP contribution in [0.1, 0.15) is 17.3 Å². The molecule has 1 atom stereocenters. The highest BCUT2D eigenvalue weighted by Crippen LogP contribution is 2.21. The van der Waals surface area contributed by atoms with Crippen molar-refractivity contribution in [3.63, 3.8) is 0 Å². The molecule has 102 valence electrons. The molecule has 0 fully saturated rings. The maximum Gasteiger partial charge on any atom is 0.501 e. The summed E-state index contributed by atoms with van der Waals surface area (Å²) in [6.45, 7) is 1.47. The number of benzene rings is 1. The number of hydrogen-bond acceptors (Lipinski definition) is 5. The van der Waals surface area contributed by atoms with E-state index in [9.17, 15) is 18.0 Å². The molecule has 0 saturated heterocycles. The predicted molar refractivity (Wildman–Crippen MR) is 61.6 cm³/mol. The van der Waals surface area contributed by atoms with Crippen molar-refractivity contribution in [2.75, 3.05) is 0 Å². The number of nitrogens with zero attached hydrogens (tertiary/aromatic N) is 3. The summed E-state index contributed by atoms with van der Waals surface area (Å²) >= 11 is 0. The number of Topliss-reactive ketones (excluding diaryl/α,β-unsaturated/α-hetero) is 1. The number of carbonyl (C=O) groups excluding carboxylic acids is 1. The van der Waals surface area contributed by atoms with E-state index in [4.69, 9.17) is 0 Å². The fourth-order valence-electron chi connectivity index (χ4n) is 1.53. The molecule has 0 radical (unpaired) electrons. The first-order chi connectivity index (χ1) is 8.89. The van der Waals surface area contributed by atoms with Crippen LogP contribution in [0, 0.1) is 0 Å². The van der Waals surface area contributed by atoms with Gasteiger partial charge in [0.1, 0.15) is 12.4 Å². The Balaban J connectivity index is 2.05. The van der Waals surface area contributed by atoms with Crippen LogP contribution in [-0.4, -0.2) is 34.6 Å². The van der Waals surface area contributed by atoms with Gasteiger partial charge in [-0.15, -0.1) is 23.8 Å². The molecule has 0 spiro atoms. The number of carbonyl (C=O) groups is 1. The molecule has 1 heterocycles. The summed E-state index contributed by atoms with van der Waals surface area (Å²) in [4.78, 5) is 12.0. The maximum atomic E-state index is 12.4. The van der Waals surface area contributed by atoms with Crippen molar-refractivity contribution in [2.24, 2.45) is 5.10 Å². The van der Waals surface area contributed by atoms with E-state index in [0.29, 0.717) is 11.9 Å². The van der Waals surface area contributed by atoms with Gasteiger partial charge in [0, 0.05) is 5.56 Å². The lowest BCUT2D eigenvalue weighted by atomic mass is 10.1. The highest BCUT2D eigenvalue weighted by molar-refractivity contribution is 5.99. The Morgan fingerprint density at radius 2 is 1.95 bits per heavy atom. The van der Waals surface area contributed by atoms with Crippen LogP contribution in [0.15, 0.2) is 35.4 Å². The van der Waals surface area contributed by atoms with Gasteiger partial charge < -0.3 is 0 Å². The molecule has 8 heteroatoms. The molecule has 0 amide bonds. The zero-order valence-corrected chi connectivity index (χ0v) is 9.93. The third kappa shape index (κ3) is 2.84. The van der Waals surface area contributed by atoms with Gasteiger partial charge in [0.05, 0.1) is 0 Å². The largest absolute Gasteiger partial charge is 0.501 e. The second kappa shape index (κ2) is 4.88. The Morgan fingerprint density at radius 1 is 1.32 bits per heavy atom. The van der Waals surface area contributed by atoms with Crippen LogP contribution in [0.3, 0.4) is 0 Å². The quantitative estimate of drug-likeness (QED) is 0.673. The third-order valence-corrected chi connectivity index (χ3v) is 2.58. The summed E-state index contributed by atoms with van der Waals surface area (Å²) in [6.07, 6.45) is -4.01. The Morgan fingerprint density at radius 3 is 2.47 bits per heavy atom. The molecule has 0 aliphatic carbocycles. The number of alkyl halides is 3. The first kappa shape index (κ1) is 13.3. The average molecular weight is 272 g/mol. The third-order valence-electron chi connectivity index (χ3n) is 2.58. The molecule has 0 aromatic heterocycles. The molecular weight excluding hydrogens is 261 g/mol. The number of ketones is 1. The second-order valence-corrected chi connectivity index (χ2v) is 3.92. The summed E-state index contributed by atoms with van der Waals surface area (Å²) in [7, 11) is 0. The lowest BCUT2D eigenvalue weighted by Gasteiger charge is -2.25. The summed E-state index contributed by atoms with van der Waals surface area (Å²) < 4.78 is 37.1. The van der Waals surface area contributed by atoms with Gasteiger partial charge in [-0.2, -0.15) is 10.1 Å². The molecular formula is C11H11F3N4O. The van der Waals surface area contributed by atoms with Crippen molar-refractivity contribution in [2.45, 2.75) is 19.3 Å². The first-order valence-electron chi connectivity index (χ1n) is 5.44. The van der Waals surface area contributed by atoms with Crippen molar-refractivity contribution >= 4 is 12.1 Å². The van der Waals surface area contributed by atoms with E-state index < -0.39 is 12.3 Å². The lowest BCUT2D eigenvalue weighted by molar-refractivity contribution is -0.243. The van der Waals surface area contributed by atoms with Crippen LogP contribution in [0.2, 0.25) is 0 Å². The summed E-state index contributed by atoms with van der Waals surface area (Å²) in [6, 6.07) is 7.45. The minimum atomic E-state index is -4.59. The van der Waals surface area contributed by atoms with Crippen LogP contribution in [0.4, 0.5) is 13.2 Å². The Bertz CT molecular complexity index is 488. The van der Waals surface area contributed by atoms with E-state index in [2.05, 4.69) is 5.10 Å². The van der Waals surface area contributed by atoms with Gasteiger partial charge in [0.25, 0.3) is 0 Å². The Labute approximate surface area is 107 Å². The van der Waals surface area contributed by atoms with Gasteiger partial charge in [-0.25, -0.2) is 0 Å². The zero-order valence-electron chi connectivity index (χ0n) is 9.93. The number of nitrogens with one attached hydrogen (secondary N) is 1. The fraction of sp³-hybridized carbons (Fsp3) is 0.273. The van der Waals surface area contributed by atoms with Crippen molar-refractivity contribution in [1.29, 1.82) is 0 Å². The minimum Gasteiger partial charge on any atom is -0.292 e. The van der Waals surface area contributed by atoms with Crippen LogP contribution in [-0.2, 0) is 0 Å². The summed E-state index contributed by atoms with van der Waals surface area (Å²) in [5.41, 5.74) is 2.39. The van der Waals surface area contributed by atoms with E-state index in [1.54, 1.807) is 30.3 Å². The molecule has 2 rings (SSSR count). The van der Waals surface area contributed by atoms with Gasteiger partial charge in [-0.05, 0) is 6.92 Å². The standard InChI is InChI=1S/C11H11F3N4O/c1-8(10(19)9-5-3-2-4-6-9)18-15-7-17(16-18)11(12,13)14/h2-8,16H,1H3. The van der Waals surface area contributed by atoms with Gasteiger partial charge >= 0.3 is 6.30 Å². The number of hydrazone groups is 1. The van der Waals surface area contributed by atoms with Crippen molar-refractivity contribution < 1.29 is 18.0 Å². The Hall–Kier alpha value is -2.09. The normalized spacial score (nSPS) is 16.8. The molecule has 0 saturated carbocycles. The van der Waals surface area contributed by atoms with Crippen LogP contribution < -0.4 is 5.53 Å². The van der Waals surface area contributed by atoms with E-state index in [1.807, 2.05) is 5.53 Å². The summed E-state index contributed by atoms with van der Waals surface area (Å²) in [5, 5.41) is 4.25. The first-order valence-corrected chi connectivity index (χ1v) is 5.44. The lowest BCUT2D eigenvalue weighted by Crippen LogP contribution is -2.52. The molecule has 5 nitrogen and oxygen atoms in total. The predicted octanol–water partition coefficient (Wildman–Crippen LogP) is 1.76. The number of hydrazine groups is 2. The molecule has 1 aliphatic rings. The smallest absolute Gasteiger partial charge is 0.292 e. The maximum absolute atomic E-state index is 12.4. The highest BCUT2D eigenvalue weighted by atomic mass is 19.4. The van der Waals surface area contributed by atoms with E-state index >= 15 is 0 Å². The Kier molecular flexibility index (Phi) is 3.43. The van der Waals surface area contributed by atoms with Crippen LogP contribution in [0.5, 0.6) is 0 Å².